The molecule has 5 nitrogen and oxygen atoms in total. The van der Waals surface area contributed by atoms with Crippen molar-refractivity contribution >= 4 is 12.4 Å². The van der Waals surface area contributed by atoms with Gasteiger partial charge in [0.1, 0.15) is 11.6 Å². The number of nitrogens with zero attached hydrogens (tertiary/aromatic N) is 3. The predicted molar refractivity (Wildman–Crippen MR) is 100.0 cm³/mol. The quantitative estimate of drug-likeness (QED) is 0.738. The van der Waals surface area contributed by atoms with E-state index < -0.39 is 6.10 Å². The summed E-state index contributed by atoms with van der Waals surface area (Å²) in [5, 5.41) is 14.6. The molecule has 0 unspecified atom stereocenters. The fraction of sp³-hybridized carbons (Fsp3) is 0.263. The Hall–Kier alpha value is -2.28. The van der Waals surface area contributed by atoms with Gasteiger partial charge in [-0.3, -0.25) is 0 Å². The fourth-order valence-electron chi connectivity index (χ4n) is 3.35. The molecule has 1 saturated carbocycles. The molecule has 2 aromatic carbocycles. The molecule has 1 aliphatic rings. The number of aliphatic hydroxyl groups excluding tert-OH is 1. The van der Waals surface area contributed by atoms with Crippen molar-refractivity contribution in [3.05, 3.63) is 66.2 Å². The summed E-state index contributed by atoms with van der Waals surface area (Å²) in [4.78, 5) is 4.70. The van der Waals surface area contributed by atoms with Crippen molar-refractivity contribution in [1.29, 1.82) is 0 Å². The fourth-order valence-corrected chi connectivity index (χ4v) is 3.35. The molecule has 3 N–H and O–H groups in total. The number of aliphatic hydroxyl groups is 1. The summed E-state index contributed by atoms with van der Waals surface area (Å²) in [5.41, 5.74) is 7.47. The Bertz CT molecular complexity index is 876. The minimum Gasteiger partial charge on any atom is -0.391 e. The zero-order valence-corrected chi connectivity index (χ0v) is 14.8. The van der Waals surface area contributed by atoms with Gasteiger partial charge in [-0.25, -0.2) is 14.1 Å². The highest BCUT2D eigenvalue weighted by atomic mass is 35.5. The molecule has 3 atom stereocenters. The van der Waals surface area contributed by atoms with Gasteiger partial charge in [-0.15, -0.1) is 17.5 Å². The van der Waals surface area contributed by atoms with Crippen molar-refractivity contribution in [2.45, 2.75) is 30.9 Å². The van der Waals surface area contributed by atoms with Crippen LogP contribution in [0.4, 0.5) is 4.39 Å². The van der Waals surface area contributed by atoms with Gasteiger partial charge in [0, 0.05) is 17.5 Å². The summed E-state index contributed by atoms with van der Waals surface area (Å²) in [6, 6.07) is 15.6. The van der Waals surface area contributed by atoms with E-state index in [-0.39, 0.29) is 30.2 Å². The Labute approximate surface area is 157 Å². The molecule has 7 heteroatoms. The van der Waals surface area contributed by atoms with Crippen molar-refractivity contribution in [1.82, 2.24) is 14.8 Å². The van der Waals surface area contributed by atoms with E-state index in [0.29, 0.717) is 30.2 Å². The van der Waals surface area contributed by atoms with Crippen LogP contribution in [0.2, 0.25) is 0 Å². The highest BCUT2D eigenvalue weighted by Gasteiger charge is 2.35. The lowest BCUT2D eigenvalue weighted by Gasteiger charge is -2.11. The third kappa shape index (κ3) is 3.49. The van der Waals surface area contributed by atoms with Gasteiger partial charge in [0.05, 0.1) is 11.8 Å². The predicted octanol–water partition coefficient (Wildman–Crippen LogP) is 3.06. The number of nitrogens with two attached hydrogens (primary N) is 1. The van der Waals surface area contributed by atoms with Gasteiger partial charge in [-0.1, -0.05) is 36.4 Å². The molecule has 0 aliphatic heterocycles. The minimum atomic E-state index is -0.553. The number of hydrogen-bond donors (Lipinski definition) is 2. The highest BCUT2D eigenvalue weighted by Crippen LogP contribution is 2.35. The molecule has 1 heterocycles. The first-order valence-corrected chi connectivity index (χ1v) is 8.34. The van der Waals surface area contributed by atoms with Crippen molar-refractivity contribution in [3.8, 4) is 17.1 Å². The van der Waals surface area contributed by atoms with Gasteiger partial charge in [0.15, 0.2) is 5.82 Å². The second-order valence-electron chi connectivity index (χ2n) is 6.45. The largest absolute Gasteiger partial charge is 0.391 e. The van der Waals surface area contributed by atoms with Gasteiger partial charge in [0.2, 0.25) is 0 Å². The first kappa shape index (κ1) is 18.5. The lowest BCUT2D eigenvalue weighted by Crippen LogP contribution is -2.28. The molecule has 0 radical (unpaired) electrons. The SMILES string of the molecule is Cl.N[C@H]1C[C@H](c2nc(-c3ccccc3)nn2-c2cccc(F)c2)C[C@@H]1O. The second kappa shape index (κ2) is 7.53. The van der Waals surface area contributed by atoms with Gasteiger partial charge in [-0.05, 0) is 31.0 Å². The Kier molecular flexibility index (Phi) is 5.36. The third-order valence-corrected chi connectivity index (χ3v) is 4.66. The highest BCUT2D eigenvalue weighted by molar-refractivity contribution is 5.85. The van der Waals surface area contributed by atoms with Gasteiger partial charge >= 0.3 is 0 Å². The van der Waals surface area contributed by atoms with E-state index in [1.54, 1.807) is 16.8 Å². The van der Waals surface area contributed by atoms with Crippen LogP contribution in [0.1, 0.15) is 24.6 Å². The molecular formula is C19H20ClFN4O. The van der Waals surface area contributed by atoms with Crippen LogP contribution in [0.25, 0.3) is 17.1 Å². The topological polar surface area (TPSA) is 77.0 Å². The number of rotatable bonds is 3. The van der Waals surface area contributed by atoms with Gasteiger partial charge < -0.3 is 10.8 Å². The van der Waals surface area contributed by atoms with Gasteiger partial charge in [-0.2, -0.15) is 0 Å². The Morgan fingerprint density at radius 1 is 1.08 bits per heavy atom. The van der Waals surface area contributed by atoms with Crippen molar-refractivity contribution in [3.63, 3.8) is 0 Å². The molecule has 26 heavy (non-hydrogen) atoms. The van der Waals surface area contributed by atoms with Crippen LogP contribution in [0.15, 0.2) is 54.6 Å². The molecule has 0 saturated heterocycles. The molecule has 1 aromatic heterocycles. The van der Waals surface area contributed by atoms with E-state index in [4.69, 9.17) is 10.7 Å². The van der Waals surface area contributed by atoms with Crippen molar-refractivity contribution in [2.24, 2.45) is 5.73 Å². The summed E-state index contributed by atoms with van der Waals surface area (Å²) >= 11 is 0. The summed E-state index contributed by atoms with van der Waals surface area (Å²) in [6.07, 6.45) is 0.607. The minimum absolute atomic E-state index is 0. The summed E-state index contributed by atoms with van der Waals surface area (Å²) in [5.74, 6) is 0.938. The van der Waals surface area contributed by atoms with Gasteiger partial charge in [0.25, 0.3) is 0 Å². The van der Waals surface area contributed by atoms with Crippen molar-refractivity contribution in [2.75, 3.05) is 0 Å². The molecule has 4 rings (SSSR count). The van der Waals surface area contributed by atoms with Crippen LogP contribution in [0.5, 0.6) is 0 Å². The van der Waals surface area contributed by atoms with E-state index in [1.165, 1.54) is 12.1 Å². The first-order valence-electron chi connectivity index (χ1n) is 8.34. The van der Waals surface area contributed by atoms with E-state index in [0.717, 1.165) is 5.56 Å². The lowest BCUT2D eigenvalue weighted by molar-refractivity contribution is 0.163. The number of aromatic nitrogens is 3. The number of benzene rings is 2. The van der Waals surface area contributed by atoms with E-state index in [2.05, 4.69) is 5.10 Å². The molecular weight excluding hydrogens is 355 g/mol. The average Bonchev–Trinajstić information content (AvgIpc) is 3.20. The zero-order valence-electron chi connectivity index (χ0n) is 14.0. The van der Waals surface area contributed by atoms with Crippen LogP contribution in [-0.4, -0.2) is 32.0 Å². The molecule has 1 fully saturated rings. The average molecular weight is 375 g/mol. The number of hydrogen-bond acceptors (Lipinski definition) is 4. The molecule has 3 aromatic rings. The van der Waals surface area contributed by atoms with Crippen LogP contribution in [-0.2, 0) is 0 Å². The molecule has 0 bridgehead atoms. The maximum Gasteiger partial charge on any atom is 0.181 e. The summed E-state index contributed by atoms with van der Waals surface area (Å²) < 4.78 is 15.4. The lowest BCUT2D eigenvalue weighted by atomic mass is 10.1. The smallest absolute Gasteiger partial charge is 0.181 e. The number of halogens is 2. The molecule has 0 spiro atoms. The maximum absolute atomic E-state index is 13.7. The second-order valence-corrected chi connectivity index (χ2v) is 6.45. The Morgan fingerprint density at radius 2 is 1.85 bits per heavy atom. The third-order valence-electron chi connectivity index (χ3n) is 4.66. The molecule has 136 valence electrons. The van der Waals surface area contributed by atoms with Crippen LogP contribution < -0.4 is 5.73 Å². The van der Waals surface area contributed by atoms with E-state index in [1.807, 2.05) is 30.3 Å². The zero-order chi connectivity index (χ0) is 17.4. The van der Waals surface area contributed by atoms with Crippen molar-refractivity contribution < 1.29 is 9.50 Å². The Balaban J connectivity index is 0.00000196. The van der Waals surface area contributed by atoms with E-state index in [9.17, 15) is 9.50 Å². The monoisotopic (exact) mass is 374 g/mol. The maximum atomic E-state index is 13.7. The first-order chi connectivity index (χ1) is 12.1. The summed E-state index contributed by atoms with van der Waals surface area (Å²) in [7, 11) is 0. The van der Waals surface area contributed by atoms with Crippen LogP contribution in [0.3, 0.4) is 0 Å². The summed E-state index contributed by atoms with van der Waals surface area (Å²) in [6.45, 7) is 0. The normalized spacial score (nSPS) is 22.2. The van der Waals surface area contributed by atoms with E-state index >= 15 is 0 Å². The molecule has 0 amide bonds. The van der Waals surface area contributed by atoms with Crippen LogP contribution in [0, 0.1) is 5.82 Å². The standard InChI is InChI=1S/C19H19FN4O.ClH/c20-14-7-4-8-15(11-14)24-19(13-9-16(21)17(25)10-13)22-18(23-24)12-5-2-1-3-6-12;/h1-8,11,13,16-17,25H,9-10,21H2;1H/t13-,16-,17-;/m0./s1. The Morgan fingerprint density at radius 3 is 2.50 bits per heavy atom. The molecule has 1 aliphatic carbocycles. The van der Waals surface area contributed by atoms with Crippen LogP contribution >= 0.6 is 12.4 Å².